The summed E-state index contributed by atoms with van der Waals surface area (Å²) in [7, 11) is 0. The average Bonchev–Trinajstić information content (AvgIpc) is 2.82. The lowest BCUT2D eigenvalue weighted by molar-refractivity contribution is 1.19. The van der Waals surface area contributed by atoms with Gasteiger partial charge < -0.3 is 15.1 Å². The molecule has 0 aliphatic heterocycles. The van der Waals surface area contributed by atoms with Gasteiger partial charge >= 0.3 is 0 Å². The second-order valence-electron chi connectivity index (χ2n) is 3.27. The number of nitrogens with one attached hydrogen (secondary N) is 1. The zero-order valence-corrected chi connectivity index (χ0v) is 7.88. The molecule has 0 saturated heterocycles. The monoisotopic (exact) mass is 199 g/mol. The third kappa shape index (κ3) is 1.25. The number of pyridine rings is 1. The van der Waals surface area contributed by atoms with Crippen molar-refractivity contribution in [1.82, 2.24) is 19.4 Å². The van der Waals surface area contributed by atoms with E-state index >= 15 is 0 Å². The Morgan fingerprint density at radius 1 is 1.33 bits per heavy atom. The summed E-state index contributed by atoms with van der Waals surface area (Å²) >= 11 is 0. The second-order valence-corrected chi connectivity index (χ2v) is 3.27. The van der Waals surface area contributed by atoms with Crippen molar-refractivity contribution in [1.29, 1.82) is 0 Å². The fraction of sp³-hybridized carbons (Fsp3) is 0. The summed E-state index contributed by atoms with van der Waals surface area (Å²) in [6.07, 6.45) is 5.56. The molecule has 74 valence electrons. The van der Waals surface area contributed by atoms with E-state index in [1.807, 2.05) is 35.0 Å². The van der Waals surface area contributed by atoms with Crippen LogP contribution >= 0.6 is 0 Å². The van der Waals surface area contributed by atoms with E-state index in [4.69, 9.17) is 5.73 Å². The Morgan fingerprint density at radius 3 is 3.00 bits per heavy atom. The van der Waals surface area contributed by atoms with Crippen molar-refractivity contribution in [2.24, 2.45) is 0 Å². The predicted octanol–water partition coefficient (Wildman–Crippen LogP) is 1.31. The summed E-state index contributed by atoms with van der Waals surface area (Å²) in [5.74, 6) is 0.405. The van der Waals surface area contributed by atoms with Crippen LogP contribution < -0.4 is 5.73 Å². The highest BCUT2D eigenvalue weighted by Gasteiger charge is 2.05. The van der Waals surface area contributed by atoms with Gasteiger partial charge in [0.05, 0.1) is 11.9 Å². The first-order valence-electron chi connectivity index (χ1n) is 4.57. The number of H-pyrrole nitrogens is 1. The van der Waals surface area contributed by atoms with Gasteiger partial charge in [-0.3, -0.25) is 0 Å². The average molecular weight is 199 g/mol. The van der Waals surface area contributed by atoms with E-state index in [0.29, 0.717) is 5.95 Å². The van der Waals surface area contributed by atoms with Crippen molar-refractivity contribution < 1.29 is 0 Å². The summed E-state index contributed by atoms with van der Waals surface area (Å²) in [5, 5.41) is 0. The van der Waals surface area contributed by atoms with Crippen LogP contribution in [0.15, 0.2) is 36.8 Å². The largest absolute Gasteiger partial charge is 0.369 e. The number of nitrogens with two attached hydrogens (primary N) is 1. The molecule has 0 saturated carbocycles. The van der Waals surface area contributed by atoms with Gasteiger partial charge in [-0.05, 0) is 12.1 Å². The Bertz CT molecular complexity index is 574. The summed E-state index contributed by atoms with van der Waals surface area (Å²) in [4.78, 5) is 11.3. The topological polar surface area (TPSA) is 72.0 Å². The number of rotatable bonds is 1. The molecule has 3 aromatic heterocycles. The molecule has 3 rings (SSSR count). The molecular weight excluding hydrogens is 190 g/mol. The van der Waals surface area contributed by atoms with Crippen molar-refractivity contribution in [3.63, 3.8) is 0 Å². The Balaban J connectivity index is 2.19. The van der Waals surface area contributed by atoms with Gasteiger partial charge in [0.2, 0.25) is 0 Å². The number of fused-ring (bicyclic) bond motifs is 1. The second kappa shape index (κ2) is 2.84. The molecule has 0 unspecified atom stereocenters. The molecule has 0 radical (unpaired) electrons. The van der Waals surface area contributed by atoms with Gasteiger partial charge in [0.1, 0.15) is 11.3 Å². The van der Waals surface area contributed by atoms with E-state index in [2.05, 4.69) is 15.0 Å². The quantitative estimate of drug-likeness (QED) is 0.620. The van der Waals surface area contributed by atoms with Gasteiger partial charge in [0.25, 0.3) is 0 Å². The van der Waals surface area contributed by atoms with E-state index in [1.54, 1.807) is 6.20 Å². The van der Waals surface area contributed by atoms with Crippen molar-refractivity contribution in [3.8, 4) is 11.4 Å². The highest BCUT2D eigenvalue weighted by Crippen LogP contribution is 2.17. The Labute approximate surface area is 85.6 Å². The van der Waals surface area contributed by atoms with Crippen LogP contribution in [0.5, 0.6) is 0 Å². The maximum atomic E-state index is 5.51. The molecule has 0 aliphatic rings. The highest BCUT2D eigenvalue weighted by atomic mass is 15.1. The van der Waals surface area contributed by atoms with Crippen LogP contribution in [0.3, 0.4) is 0 Å². The number of nitrogens with zero attached hydrogens (tertiary/aromatic N) is 3. The summed E-state index contributed by atoms with van der Waals surface area (Å²) in [6, 6.07) is 5.86. The maximum Gasteiger partial charge on any atom is 0.197 e. The number of hydrogen-bond donors (Lipinski definition) is 2. The maximum absolute atomic E-state index is 5.51. The molecule has 5 heteroatoms. The zero-order valence-electron chi connectivity index (χ0n) is 7.88. The number of aromatic nitrogens is 4. The Hall–Kier alpha value is -2.30. The fourth-order valence-electron chi connectivity index (χ4n) is 1.53. The molecule has 15 heavy (non-hydrogen) atoms. The van der Waals surface area contributed by atoms with E-state index in [0.717, 1.165) is 17.0 Å². The molecule has 0 spiro atoms. The first kappa shape index (κ1) is 8.05. The van der Waals surface area contributed by atoms with Gasteiger partial charge in [-0.1, -0.05) is 6.07 Å². The first-order chi connectivity index (χ1) is 7.33. The molecule has 0 bridgehead atoms. The SMILES string of the molecule is Nc1ncc(-c2cn3ccccc3n2)[nH]1. The van der Waals surface area contributed by atoms with Crippen molar-refractivity contribution in [2.45, 2.75) is 0 Å². The Kier molecular flexibility index (Phi) is 1.53. The van der Waals surface area contributed by atoms with Crippen LogP contribution in [-0.2, 0) is 0 Å². The minimum absolute atomic E-state index is 0.405. The number of aromatic amines is 1. The van der Waals surface area contributed by atoms with Gasteiger partial charge in [-0.2, -0.15) is 0 Å². The number of hydrogen-bond acceptors (Lipinski definition) is 3. The van der Waals surface area contributed by atoms with Crippen LogP contribution in [0, 0.1) is 0 Å². The minimum atomic E-state index is 0.405. The lowest BCUT2D eigenvalue weighted by Gasteiger charge is -1.86. The molecule has 0 fully saturated rings. The van der Waals surface area contributed by atoms with Crippen molar-refractivity contribution in [3.05, 3.63) is 36.8 Å². The predicted molar refractivity (Wildman–Crippen MR) is 57.2 cm³/mol. The lowest BCUT2D eigenvalue weighted by Crippen LogP contribution is -1.85. The molecular formula is C10H9N5. The smallest absolute Gasteiger partial charge is 0.197 e. The third-order valence-corrected chi connectivity index (χ3v) is 2.24. The molecule has 0 aromatic carbocycles. The van der Waals surface area contributed by atoms with Crippen LogP contribution in [0.2, 0.25) is 0 Å². The molecule has 3 N–H and O–H groups in total. The van der Waals surface area contributed by atoms with Crippen LogP contribution in [0.4, 0.5) is 5.95 Å². The van der Waals surface area contributed by atoms with Gasteiger partial charge in [-0.15, -0.1) is 0 Å². The fourth-order valence-corrected chi connectivity index (χ4v) is 1.53. The van der Waals surface area contributed by atoms with E-state index in [9.17, 15) is 0 Å². The van der Waals surface area contributed by atoms with E-state index in [-0.39, 0.29) is 0 Å². The van der Waals surface area contributed by atoms with Crippen molar-refractivity contribution in [2.75, 3.05) is 5.73 Å². The van der Waals surface area contributed by atoms with Gasteiger partial charge in [-0.25, -0.2) is 9.97 Å². The summed E-state index contributed by atoms with van der Waals surface area (Å²) in [5.41, 5.74) is 8.08. The molecule has 3 aromatic rings. The van der Waals surface area contributed by atoms with Crippen LogP contribution in [0.1, 0.15) is 0 Å². The molecule has 0 aliphatic carbocycles. The standard InChI is InChI=1S/C10H9N5/c11-10-12-5-7(14-10)8-6-15-4-2-1-3-9(15)13-8/h1-6H,(H3,11,12,14). The lowest BCUT2D eigenvalue weighted by atomic mass is 10.4. The minimum Gasteiger partial charge on any atom is -0.369 e. The number of anilines is 1. The van der Waals surface area contributed by atoms with Crippen molar-refractivity contribution >= 4 is 11.6 Å². The molecule has 3 heterocycles. The van der Waals surface area contributed by atoms with E-state index < -0.39 is 0 Å². The number of nitrogen functional groups attached to an aromatic ring is 1. The van der Waals surface area contributed by atoms with Crippen LogP contribution in [0.25, 0.3) is 17.0 Å². The normalized spacial score (nSPS) is 10.9. The summed E-state index contributed by atoms with van der Waals surface area (Å²) in [6.45, 7) is 0. The van der Waals surface area contributed by atoms with E-state index in [1.165, 1.54) is 0 Å². The zero-order chi connectivity index (χ0) is 10.3. The van der Waals surface area contributed by atoms with Gasteiger partial charge in [0.15, 0.2) is 5.95 Å². The Morgan fingerprint density at radius 2 is 2.27 bits per heavy atom. The third-order valence-electron chi connectivity index (χ3n) is 2.24. The first-order valence-corrected chi connectivity index (χ1v) is 4.57. The number of imidazole rings is 2. The summed E-state index contributed by atoms with van der Waals surface area (Å²) < 4.78 is 1.95. The molecule has 5 nitrogen and oxygen atoms in total. The highest BCUT2D eigenvalue weighted by molar-refractivity contribution is 5.59. The van der Waals surface area contributed by atoms with Crippen LogP contribution in [-0.4, -0.2) is 19.4 Å². The van der Waals surface area contributed by atoms with Gasteiger partial charge in [0, 0.05) is 12.4 Å². The molecule has 0 atom stereocenters. The molecule has 0 amide bonds.